The van der Waals surface area contributed by atoms with Crippen molar-refractivity contribution in [1.29, 1.82) is 0 Å². The Bertz CT molecular complexity index is 459. The zero-order chi connectivity index (χ0) is 12.1. The van der Waals surface area contributed by atoms with Crippen molar-refractivity contribution in [2.75, 3.05) is 5.32 Å². The molecular formula is C9H7IN2O4. The van der Waals surface area contributed by atoms with Crippen molar-refractivity contribution in [2.24, 2.45) is 0 Å². The molecule has 1 rings (SSSR count). The van der Waals surface area contributed by atoms with Gasteiger partial charge in [0.1, 0.15) is 0 Å². The molecule has 1 aromatic carbocycles. The highest BCUT2D eigenvalue weighted by Gasteiger charge is 2.09. The number of benzene rings is 1. The zero-order valence-electron chi connectivity index (χ0n) is 7.88. The minimum atomic E-state index is -1.09. The minimum Gasteiger partial charge on any atom is -0.478 e. The highest BCUT2D eigenvalue weighted by Crippen LogP contribution is 2.18. The number of hydrogen-bond donors (Lipinski definition) is 2. The van der Waals surface area contributed by atoms with Crippen LogP contribution in [0.25, 0.3) is 0 Å². The van der Waals surface area contributed by atoms with E-state index in [4.69, 9.17) is 5.11 Å². The van der Waals surface area contributed by atoms with Gasteiger partial charge in [-0.05, 0) is 40.8 Å². The molecule has 7 heteroatoms. The van der Waals surface area contributed by atoms with Crippen LogP contribution < -0.4 is 5.32 Å². The molecule has 0 fully saturated rings. The molecule has 0 radical (unpaired) electrons. The van der Waals surface area contributed by atoms with Gasteiger partial charge in [-0.3, -0.25) is 10.1 Å². The van der Waals surface area contributed by atoms with Gasteiger partial charge in [0, 0.05) is 3.57 Å². The molecule has 0 atom stereocenters. The lowest BCUT2D eigenvalue weighted by Gasteiger charge is -2.05. The van der Waals surface area contributed by atoms with Crippen molar-refractivity contribution in [3.8, 4) is 0 Å². The Hall–Kier alpha value is -1.64. The van der Waals surface area contributed by atoms with E-state index in [1.165, 1.54) is 6.07 Å². The van der Waals surface area contributed by atoms with Gasteiger partial charge in [-0.2, -0.15) is 0 Å². The highest BCUT2D eigenvalue weighted by atomic mass is 127. The average Bonchev–Trinajstić information content (AvgIpc) is 2.19. The molecule has 2 N–H and O–H groups in total. The first kappa shape index (κ1) is 12.4. The quantitative estimate of drug-likeness (QED) is 0.500. The van der Waals surface area contributed by atoms with E-state index in [1.807, 2.05) is 22.6 Å². The van der Waals surface area contributed by atoms with Gasteiger partial charge in [0.25, 0.3) is 0 Å². The number of carboxylic acid groups (broad SMARTS) is 1. The molecule has 6 nitrogen and oxygen atoms in total. The van der Waals surface area contributed by atoms with Crippen LogP contribution in [0.2, 0.25) is 0 Å². The van der Waals surface area contributed by atoms with Gasteiger partial charge in [0.05, 0.1) is 22.4 Å². The summed E-state index contributed by atoms with van der Waals surface area (Å²) in [5.74, 6) is -1.09. The van der Waals surface area contributed by atoms with Crippen LogP contribution in [-0.4, -0.2) is 16.0 Å². The fourth-order valence-electron chi connectivity index (χ4n) is 1.01. The van der Waals surface area contributed by atoms with Crippen molar-refractivity contribution >= 4 is 34.2 Å². The van der Waals surface area contributed by atoms with Crippen molar-refractivity contribution in [2.45, 2.75) is 0 Å². The Morgan fingerprint density at radius 2 is 2.25 bits per heavy atom. The molecule has 84 valence electrons. The van der Waals surface area contributed by atoms with E-state index in [9.17, 15) is 14.9 Å². The SMILES string of the molecule is O=C(O)c1cc(I)ccc1N/C=C/[N+](=O)[O-]. The molecule has 0 aliphatic carbocycles. The van der Waals surface area contributed by atoms with Crippen molar-refractivity contribution in [3.05, 3.63) is 49.8 Å². The second-order valence-corrected chi connectivity index (χ2v) is 3.99. The molecule has 1 aromatic rings. The number of carbonyl (C=O) groups is 1. The largest absolute Gasteiger partial charge is 0.478 e. The van der Waals surface area contributed by atoms with Crippen LogP contribution in [0, 0.1) is 13.7 Å². The Balaban J connectivity index is 2.95. The van der Waals surface area contributed by atoms with Crippen LogP contribution in [0.4, 0.5) is 5.69 Å². The molecule has 0 aliphatic heterocycles. The summed E-state index contributed by atoms with van der Waals surface area (Å²) in [6.07, 6.45) is 1.78. The number of anilines is 1. The highest BCUT2D eigenvalue weighted by molar-refractivity contribution is 14.1. The molecule has 0 spiro atoms. The third-order valence-corrected chi connectivity index (χ3v) is 2.32. The Morgan fingerprint density at radius 1 is 1.56 bits per heavy atom. The first-order chi connectivity index (χ1) is 7.50. The monoisotopic (exact) mass is 334 g/mol. The number of halogens is 1. The second kappa shape index (κ2) is 5.45. The Morgan fingerprint density at radius 3 is 2.81 bits per heavy atom. The topological polar surface area (TPSA) is 92.5 Å². The number of hydrogen-bond acceptors (Lipinski definition) is 4. The number of nitro groups is 1. The summed E-state index contributed by atoms with van der Waals surface area (Å²) in [6, 6.07) is 4.73. The normalized spacial score (nSPS) is 10.3. The summed E-state index contributed by atoms with van der Waals surface area (Å²) < 4.78 is 0.777. The summed E-state index contributed by atoms with van der Waals surface area (Å²) in [4.78, 5) is 20.3. The predicted molar refractivity (Wildman–Crippen MR) is 65.9 cm³/mol. The number of aromatic carboxylic acids is 1. The maximum atomic E-state index is 10.9. The smallest absolute Gasteiger partial charge is 0.337 e. The molecule has 16 heavy (non-hydrogen) atoms. The van der Waals surface area contributed by atoms with Gasteiger partial charge in [0.15, 0.2) is 0 Å². The van der Waals surface area contributed by atoms with Crippen molar-refractivity contribution in [1.82, 2.24) is 0 Å². The molecule has 0 saturated carbocycles. The summed E-state index contributed by atoms with van der Waals surface area (Å²) in [5.41, 5.74) is 0.380. The van der Waals surface area contributed by atoms with Gasteiger partial charge >= 0.3 is 5.97 Å². The second-order valence-electron chi connectivity index (χ2n) is 2.74. The van der Waals surface area contributed by atoms with Crippen LogP contribution in [0.1, 0.15) is 10.4 Å². The van der Waals surface area contributed by atoms with Gasteiger partial charge in [-0.1, -0.05) is 0 Å². The maximum Gasteiger partial charge on any atom is 0.337 e. The lowest BCUT2D eigenvalue weighted by Crippen LogP contribution is -2.03. The molecule has 0 aromatic heterocycles. The summed E-state index contributed by atoms with van der Waals surface area (Å²) in [6.45, 7) is 0. The summed E-state index contributed by atoms with van der Waals surface area (Å²) in [5, 5.41) is 21.5. The van der Waals surface area contributed by atoms with Gasteiger partial charge in [-0.15, -0.1) is 0 Å². The first-order valence-corrected chi connectivity index (χ1v) is 5.18. The third-order valence-electron chi connectivity index (χ3n) is 1.65. The van der Waals surface area contributed by atoms with Crippen molar-refractivity contribution < 1.29 is 14.8 Å². The molecule has 0 heterocycles. The van der Waals surface area contributed by atoms with E-state index < -0.39 is 10.9 Å². The van der Waals surface area contributed by atoms with Crippen LogP contribution in [-0.2, 0) is 0 Å². The fourth-order valence-corrected chi connectivity index (χ4v) is 1.50. The van der Waals surface area contributed by atoms with Crippen molar-refractivity contribution in [3.63, 3.8) is 0 Å². The van der Waals surface area contributed by atoms with Gasteiger partial charge in [-0.25, -0.2) is 4.79 Å². The van der Waals surface area contributed by atoms with Gasteiger partial charge < -0.3 is 10.4 Å². The molecule has 0 amide bonds. The third kappa shape index (κ3) is 3.50. The van der Waals surface area contributed by atoms with E-state index in [0.717, 1.165) is 9.77 Å². The van der Waals surface area contributed by atoms with Crippen LogP contribution in [0.3, 0.4) is 0 Å². The summed E-state index contributed by atoms with van der Waals surface area (Å²) >= 11 is 1.99. The lowest BCUT2D eigenvalue weighted by molar-refractivity contribution is -0.402. The first-order valence-electron chi connectivity index (χ1n) is 4.10. The van der Waals surface area contributed by atoms with Gasteiger partial charge in [0.2, 0.25) is 6.20 Å². The zero-order valence-corrected chi connectivity index (χ0v) is 10.0. The molecular weight excluding hydrogens is 327 g/mol. The van der Waals surface area contributed by atoms with Crippen LogP contribution >= 0.6 is 22.6 Å². The van der Waals surface area contributed by atoms with Crippen LogP contribution in [0.5, 0.6) is 0 Å². The van der Waals surface area contributed by atoms with Crippen LogP contribution in [0.15, 0.2) is 30.6 Å². The number of nitrogens with one attached hydrogen (secondary N) is 1. The van der Waals surface area contributed by atoms with E-state index in [0.29, 0.717) is 11.9 Å². The average molecular weight is 334 g/mol. The number of carboxylic acids is 1. The Kier molecular flexibility index (Phi) is 4.23. The fraction of sp³-hybridized carbons (Fsp3) is 0. The van der Waals surface area contributed by atoms with E-state index in [-0.39, 0.29) is 5.56 Å². The number of rotatable bonds is 4. The van der Waals surface area contributed by atoms with E-state index in [2.05, 4.69) is 5.32 Å². The number of nitrogens with zero attached hydrogens (tertiary/aromatic N) is 1. The standard InChI is InChI=1S/C9H7IN2O4/c10-6-1-2-8(7(5-6)9(13)14)11-3-4-12(15)16/h1-5,11H,(H,13,14)/b4-3+. The summed E-state index contributed by atoms with van der Waals surface area (Å²) in [7, 11) is 0. The van der Waals surface area contributed by atoms with E-state index >= 15 is 0 Å². The molecule has 0 aliphatic rings. The molecule has 0 saturated heterocycles. The predicted octanol–water partition coefficient (Wildman–Crippen LogP) is 2.15. The molecule has 0 bridgehead atoms. The molecule has 0 unspecified atom stereocenters. The lowest BCUT2D eigenvalue weighted by atomic mass is 10.2. The minimum absolute atomic E-state index is 0.0693. The Labute approximate surface area is 104 Å². The maximum absolute atomic E-state index is 10.9. The van der Waals surface area contributed by atoms with E-state index in [1.54, 1.807) is 12.1 Å².